The third kappa shape index (κ3) is 3.48. The van der Waals surface area contributed by atoms with Crippen LogP contribution in [0.5, 0.6) is 0 Å². The minimum atomic E-state index is 0.151. The number of rotatable bonds is 3. The molecule has 1 fully saturated rings. The molecule has 0 aliphatic carbocycles. The molecule has 1 heterocycles. The summed E-state index contributed by atoms with van der Waals surface area (Å²) in [7, 11) is 0. The Kier molecular flexibility index (Phi) is 4.83. The van der Waals surface area contributed by atoms with E-state index < -0.39 is 0 Å². The van der Waals surface area contributed by atoms with Gasteiger partial charge in [-0.15, -0.1) is 0 Å². The van der Waals surface area contributed by atoms with E-state index in [0.29, 0.717) is 29.8 Å². The lowest BCUT2D eigenvalue weighted by atomic mass is 9.87. The van der Waals surface area contributed by atoms with Gasteiger partial charge in [0.1, 0.15) is 0 Å². The molecule has 1 aromatic carbocycles. The highest BCUT2D eigenvalue weighted by Gasteiger charge is 2.27. The zero-order valence-electron chi connectivity index (χ0n) is 11.3. The molecule has 104 valence electrons. The van der Waals surface area contributed by atoms with Crippen molar-refractivity contribution in [3.8, 4) is 0 Å². The maximum Gasteiger partial charge on any atom is 0.227 e. The normalized spacial score (nSPS) is 23.4. The Balaban J connectivity index is 1.99. The molecular weight excluding hydrogens is 260 g/mol. The van der Waals surface area contributed by atoms with Crippen LogP contribution in [0.15, 0.2) is 24.3 Å². The quantitative estimate of drug-likeness (QED) is 0.924. The van der Waals surface area contributed by atoms with Gasteiger partial charge in [-0.05, 0) is 36.4 Å². The standard InChI is InChI=1S/C15H21ClN2O/c1-11-6-7-18(10-13(11)9-17)15(19)8-12-4-2-3-5-14(12)16/h2-5,11,13H,6-10,17H2,1H3. The van der Waals surface area contributed by atoms with Crippen molar-refractivity contribution in [2.75, 3.05) is 19.6 Å². The number of amides is 1. The molecule has 1 saturated heterocycles. The smallest absolute Gasteiger partial charge is 0.227 e. The Hall–Kier alpha value is -1.06. The van der Waals surface area contributed by atoms with E-state index in [2.05, 4.69) is 6.92 Å². The number of hydrogen-bond acceptors (Lipinski definition) is 2. The van der Waals surface area contributed by atoms with Crippen LogP contribution < -0.4 is 5.73 Å². The predicted octanol–water partition coefficient (Wildman–Crippen LogP) is 2.33. The van der Waals surface area contributed by atoms with Gasteiger partial charge in [0.2, 0.25) is 5.91 Å². The monoisotopic (exact) mass is 280 g/mol. The first-order valence-electron chi connectivity index (χ1n) is 6.83. The van der Waals surface area contributed by atoms with Crippen molar-refractivity contribution >= 4 is 17.5 Å². The van der Waals surface area contributed by atoms with Gasteiger partial charge in [-0.1, -0.05) is 36.7 Å². The summed E-state index contributed by atoms with van der Waals surface area (Å²) in [5, 5.41) is 0.664. The molecule has 0 bridgehead atoms. The number of nitrogens with two attached hydrogens (primary N) is 1. The predicted molar refractivity (Wildman–Crippen MR) is 78.1 cm³/mol. The molecule has 1 aromatic rings. The van der Waals surface area contributed by atoms with E-state index in [1.807, 2.05) is 29.2 Å². The van der Waals surface area contributed by atoms with E-state index in [0.717, 1.165) is 25.1 Å². The highest BCUT2D eigenvalue weighted by molar-refractivity contribution is 6.31. The molecule has 1 aliphatic heterocycles. The minimum Gasteiger partial charge on any atom is -0.342 e. The zero-order chi connectivity index (χ0) is 13.8. The van der Waals surface area contributed by atoms with Crippen LogP contribution >= 0.6 is 11.6 Å². The molecule has 19 heavy (non-hydrogen) atoms. The van der Waals surface area contributed by atoms with Gasteiger partial charge >= 0.3 is 0 Å². The van der Waals surface area contributed by atoms with E-state index in [9.17, 15) is 4.79 Å². The van der Waals surface area contributed by atoms with Gasteiger partial charge in [-0.25, -0.2) is 0 Å². The molecule has 1 amide bonds. The summed E-state index contributed by atoms with van der Waals surface area (Å²) in [6, 6.07) is 7.52. The van der Waals surface area contributed by atoms with Gasteiger partial charge in [-0.2, -0.15) is 0 Å². The van der Waals surface area contributed by atoms with Crippen molar-refractivity contribution in [3.63, 3.8) is 0 Å². The maximum absolute atomic E-state index is 12.3. The largest absolute Gasteiger partial charge is 0.342 e. The average Bonchev–Trinajstić information content (AvgIpc) is 2.42. The third-order valence-electron chi connectivity index (χ3n) is 4.07. The van der Waals surface area contributed by atoms with Gasteiger partial charge in [0.05, 0.1) is 6.42 Å². The van der Waals surface area contributed by atoms with E-state index in [1.54, 1.807) is 0 Å². The van der Waals surface area contributed by atoms with E-state index in [1.165, 1.54) is 0 Å². The van der Waals surface area contributed by atoms with Gasteiger partial charge in [0, 0.05) is 18.1 Å². The van der Waals surface area contributed by atoms with Crippen LogP contribution in [-0.2, 0) is 11.2 Å². The van der Waals surface area contributed by atoms with E-state index in [-0.39, 0.29) is 5.91 Å². The Labute approximate surface area is 119 Å². The van der Waals surface area contributed by atoms with Crippen LogP contribution in [0.2, 0.25) is 5.02 Å². The number of piperidine rings is 1. The Bertz CT molecular complexity index is 450. The summed E-state index contributed by atoms with van der Waals surface area (Å²) >= 11 is 6.10. The number of carbonyl (C=O) groups is 1. The fourth-order valence-electron chi connectivity index (χ4n) is 2.60. The lowest BCUT2D eigenvalue weighted by Crippen LogP contribution is -2.46. The fourth-order valence-corrected chi connectivity index (χ4v) is 2.80. The van der Waals surface area contributed by atoms with Gasteiger partial charge < -0.3 is 10.6 Å². The second kappa shape index (κ2) is 6.40. The lowest BCUT2D eigenvalue weighted by Gasteiger charge is -2.36. The topological polar surface area (TPSA) is 46.3 Å². The van der Waals surface area contributed by atoms with Crippen molar-refractivity contribution in [1.29, 1.82) is 0 Å². The van der Waals surface area contributed by atoms with Crippen molar-refractivity contribution in [3.05, 3.63) is 34.9 Å². The van der Waals surface area contributed by atoms with Crippen molar-refractivity contribution < 1.29 is 4.79 Å². The average molecular weight is 281 g/mol. The molecule has 0 aromatic heterocycles. The number of likely N-dealkylation sites (tertiary alicyclic amines) is 1. The summed E-state index contributed by atoms with van der Waals surface area (Å²) in [5.41, 5.74) is 6.67. The molecule has 0 radical (unpaired) electrons. The number of hydrogen-bond donors (Lipinski definition) is 1. The first kappa shape index (κ1) is 14.4. The Morgan fingerprint density at radius 3 is 2.89 bits per heavy atom. The minimum absolute atomic E-state index is 0.151. The molecule has 0 spiro atoms. The summed E-state index contributed by atoms with van der Waals surface area (Å²) < 4.78 is 0. The molecule has 0 saturated carbocycles. The number of halogens is 1. The molecule has 2 rings (SSSR count). The SMILES string of the molecule is CC1CCN(C(=O)Cc2ccccc2Cl)CC1CN. The van der Waals surface area contributed by atoms with Gasteiger partial charge in [-0.3, -0.25) is 4.79 Å². The van der Waals surface area contributed by atoms with Crippen LogP contribution in [0.3, 0.4) is 0 Å². The molecule has 2 N–H and O–H groups in total. The van der Waals surface area contributed by atoms with E-state index >= 15 is 0 Å². The second-order valence-electron chi connectivity index (χ2n) is 5.37. The molecule has 1 aliphatic rings. The van der Waals surface area contributed by atoms with Crippen LogP contribution in [0, 0.1) is 11.8 Å². The Morgan fingerprint density at radius 2 is 2.21 bits per heavy atom. The molecular formula is C15H21ClN2O. The van der Waals surface area contributed by atoms with Crippen LogP contribution in [-0.4, -0.2) is 30.4 Å². The third-order valence-corrected chi connectivity index (χ3v) is 4.44. The summed E-state index contributed by atoms with van der Waals surface area (Å²) in [6.07, 6.45) is 1.42. The van der Waals surface area contributed by atoms with Gasteiger partial charge in [0.15, 0.2) is 0 Å². The first-order chi connectivity index (χ1) is 9.11. The summed E-state index contributed by atoms with van der Waals surface area (Å²) in [5.74, 6) is 1.18. The zero-order valence-corrected chi connectivity index (χ0v) is 12.1. The fraction of sp³-hybridized carbons (Fsp3) is 0.533. The van der Waals surface area contributed by atoms with Crippen molar-refractivity contribution in [2.45, 2.75) is 19.8 Å². The second-order valence-corrected chi connectivity index (χ2v) is 5.78. The summed E-state index contributed by atoms with van der Waals surface area (Å²) in [6.45, 7) is 4.48. The molecule has 2 unspecified atom stereocenters. The van der Waals surface area contributed by atoms with Gasteiger partial charge in [0.25, 0.3) is 0 Å². The van der Waals surface area contributed by atoms with Crippen LogP contribution in [0.25, 0.3) is 0 Å². The lowest BCUT2D eigenvalue weighted by molar-refractivity contribution is -0.132. The van der Waals surface area contributed by atoms with Crippen LogP contribution in [0.1, 0.15) is 18.9 Å². The molecule has 4 heteroatoms. The maximum atomic E-state index is 12.3. The summed E-state index contributed by atoms with van der Waals surface area (Å²) in [4.78, 5) is 14.2. The number of nitrogens with zero attached hydrogens (tertiary/aromatic N) is 1. The highest BCUT2D eigenvalue weighted by atomic mass is 35.5. The van der Waals surface area contributed by atoms with Crippen molar-refractivity contribution in [2.24, 2.45) is 17.6 Å². The molecule has 2 atom stereocenters. The van der Waals surface area contributed by atoms with Crippen molar-refractivity contribution in [1.82, 2.24) is 4.90 Å². The first-order valence-corrected chi connectivity index (χ1v) is 7.21. The highest BCUT2D eigenvalue weighted by Crippen LogP contribution is 2.23. The van der Waals surface area contributed by atoms with E-state index in [4.69, 9.17) is 17.3 Å². The van der Waals surface area contributed by atoms with Crippen LogP contribution in [0.4, 0.5) is 0 Å². The molecule has 3 nitrogen and oxygen atoms in total. The number of benzene rings is 1. The Morgan fingerprint density at radius 1 is 1.47 bits per heavy atom. The number of carbonyl (C=O) groups excluding carboxylic acids is 1.